The van der Waals surface area contributed by atoms with Crippen molar-refractivity contribution in [3.05, 3.63) is 54.1 Å². The Labute approximate surface area is 162 Å². The maximum absolute atomic E-state index is 12.7. The van der Waals surface area contributed by atoms with Crippen molar-refractivity contribution in [1.29, 1.82) is 0 Å². The highest BCUT2D eigenvalue weighted by Crippen LogP contribution is 2.25. The van der Waals surface area contributed by atoms with Gasteiger partial charge >= 0.3 is 0 Å². The molecule has 1 amide bonds. The van der Waals surface area contributed by atoms with E-state index in [1.54, 1.807) is 36.4 Å². The number of anilines is 2. The fourth-order valence-electron chi connectivity index (χ4n) is 2.33. The third-order valence-corrected chi connectivity index (χ3v) is 5.48. The van der Waals surface area contributed by atoms with Gasteiger partial charge in [-0.15, -0.1) is 0 Å². The van der Waals surface area contributed by atoms with E-state index in [0.29, 0.717) is 11.4 Å². The summed E-state index contributed by atoms with van der Waals surface area (Å²) in [6.45, 7) is 11.7. The molecule has 2 aromatic carbocycles. The van der Waals surface area contributed by atoms with Gasteiger partial charge < -0.3 is 5.32 Å². The molecule has 0 spiro atoms. The Morgan fingerprint density at radius 2 is 1.41 bits per heavy atom. The van der Waals surface area contributed by atoms with E-state index >= 15 is 0 Å². The van der Waals surface area contributed by atoms with Crippen LogP contribution in [0.3, 0.4) is 0 Å². The van der Waals surface area contributed by atoms with Crippen molar-refractivity contribution in [3.63, 3.8) is 0 Å². The molecule has 27 heavy (non-hydrogen) atoms. The average Bonchev–Trinajstić information content (AvgIpc) is 2.53. The lowest BCUT2D eigenvalue weighted by molar-refractivity contribution is -0.123. The van der Waals surface area contributed by atoms with Gasteiger partial charge in [-0.1, -0.05) is 59.7 Å². The molecule has 0 saturated heterocycles. The number of sulfonamides is 1. The van der Waals surface area contributed by atoms with Crippen LogP contribution in [0.5, 0.6) is 0 Å². The summed E-state index contributed by atoms with van der Waals surface area (Å²) < 4.78 is 27.9. The summed E-state index contributed by atoms with van der Waals surface area (Å²) in [5.41, 5.74) is 1.41. The lowest BCUT2D eigenvalue weighted by Crippen LogP contribution is -2.27. The zero-order valence-electron chi connectivity index (χ0n) is 16.8. The number of hydrogen-bond donors (Lipinski definition) is 2. The van der Waals surface area contributed by atoms with Crippen molar-refractivity contribution in [3.8, 4) is 0 Å². The van der Waals surface area contributed by atoms with Gasteiger partial charge in [0.2, 0.25) is 5.91 Å². The van der Waals surface area contributed by atoms with Crippen molar-refractivity contribution in [2.24, 2.45) is 5.41 Å². The number of benzene rings is 2. The first-order chi connectivity index (χ1) is 12.3. The molecule has 0 atom stereocenters. The summed E-state index contributed by atoms with van der Waals surface area (Å²) in [7, 11) is -3.71. The second-order valence-corrected chi connectivity index (χ2v) is 10.3. The molecule has 0 aliphatic heterocycles. The molecule has 0 aliphatic carbocycles. The van der Waals surface area contributed by atoms with E-state index in [4.69, 9.17) is 0 Å². The molecule has 0 heterocycles. The Morgan fingerprint density at radius 3 is 1.93 bits per heavy atom. The third-order valence-electron chi connectivity index (χ3n) is 4.08. The molecule has 0 fully saturated rings. The number of rotatable bonds is 4. The SMILES string of the molecule is CC(C)(C)C(=O)Nc1cccc(NS(=O)(=O)c2ccc(C(C)(C)C)cc2)c1. The maximum Gasteiger partial charge on any atom is 0.261 e. The van der Waals surface area contributed by atoms with Gasteiger partial charge in [0, 0.05) is 11.1 Å². The number of carbonyl (C=O) groups is 1. The van der Waals surface area contributed by atoms with Gasteiger partial charge in [-0.2, -0.15) is 0 Å². The van der Waals surface area contributed by atoms with Crippen LogP contribution in [0.1, 0.15) is 47.1 Å². The Bertz CT molecular complexity index is 919. The first kappa shape index (κ1) is 21.0. The molecule has 2 N–H and O–H groups in total. The molecule has 0 unspecified atom stereocenters. The molecular weight excluding hydrogens is 360 g/mol. The predicted molar refractivity (Wildman–Crippen MR) is 110 cm³/mol. The van der Waals surface area contributed by atoms with Gasteiger partial charge in [-0.3, -0.25) is 9.52 Å². The number of hydrogen-bond acceptors (Lipinski definition) is 3. The van der Waals surface area contributed by atoms with Crippen LogP contribution in [0.25, 0.3) is 0 Å². The molecule has 0 saturated carbocycles. The standard InChI is InChI=1S/C21H28N2O3S/c1-20(2,3)15-10-12-18(13-11-15)27(25,26)23-17-9-7-8-16(14-17)22-19(24)21(4,5)6/h7-14,23H,1-6H3,(H,22,24). The lowest BCUT2D eigenvalue weighted by atomic mass is 9.87. The van der Waals surface area contributed by atoms with Gasteiger partial charge in [0.05, 0.1) is 10.6 Å². The maximum atomic E-state index is 12.7. The topological polar surface area (TPSA) is 75.3 Å². The summed E-state index contributed by atoms with van der Waals surface area (Å²) in [4.78, 5) is 12.3. The van der Waals surface area contributed by atoms with Crippen LogP contribution in [0.4, 0.5) is 11.4 Å². The van der Waals surface area contributed by atoms with Gasteiger partial charge in [0.1, 0.15) is 0 Å². The molecule has 6 heteroatoms. The quantitative estimate of drug-likeness (QED) is 0.792. The van der Waals surface area contributed by atoms with Crippen LogP contribution in [0.2, 0.25) is 0 Å². The van der Waals surface area contributed by atoms with Gasteiger partial charge in [0.25, 0.3) is 10.0 Å². The van der Waals surface area contributed by atoms with Crippen LogP contribution in [0.15, 0.2) is 53.4 Å². The lowest BCUT2D eigenvalue weighted by Gasteiger charge is -2.19. The van der Waals surface area contributed by atoms with E-state index in [9.17, 15) is 13.2 Å². The average molecular weight is 389 g/mol. The predicted octanol–water partition coefficient (Wildman–Crippen LogP) is 4.77. The van der Waals surface area contributed by atoms with E-state index in [1.807, 2.05) is 32.9 Å². The summed E-state index contributed by atoms with van der Waals surface area (Å²) >= 11 is 0. The smallest absolute Gasteiger partial charge is 0.261 e. The van der Waals surface area contributed by atoms with E-state index in [-0.39, 0.29) is 16.2 Å². The zero-order valence-corrected chi connectivity index (χ0v) is 17.6. The van der Waals surface area contributed by atoms with Crippen LogP contribution < -0.4 is 10.0 Å². The van der Waals surface area contributed by atoms with E-state index in [2.05, 4.69) is 30.8 Å². The number of amides is 1. The van der Waals surface area contributed by atoms with Gasteiger partial charge in [0.15, 0.2) is 0 Å². The summed E-state index contributed by atoms with van der Waals surface area (Å²) in [5.74, 6) is -0.139. The second kappa shape index (κ2) is 7.35. The molecule has 0 radical (unpaired) electrons. The molecule has 146 valence electrons. The molecular formula is C21H28N2O3S. The van der Waals surface area contributed by atoms with Crippen LogP contribution >= 0.6 is 0 Å². The normalized spacial score (nSPS) is 12.5. The molecule has 5 nitrogen and oxygen atoms in total. The molecule has 0 aromatic heterocycles. The van der Waals surface area contributed by atoms with Crippen LogP contribution in [0, 0.1) is 5.41 Å². The van der Waals surface area contributed by atoms with Crippen molar-refractivity contribution in [2.45, 2.75) is 51.9 Å². The highest BCUT2D eigenvalue weighted by Gasteiger charge is 2.22. The summed E-state index contributed by atoms with van der Waals surface area (Å²) in [5, 5.41) is 2.80. The fourth-order valence-corrected chi connectivity index (χ4v) is 3.38. The van der Waals surface area contributed by atoms with E-state index < -0.39 is 15.4 Å². The molecule has 0 bridgehead atoms. The van der Waals surface area contributed by atoms with Gasteiger partial charge in [-0.25, -0.2) is 8.42 Å². The first-order valence-corrected chi connectivity index (χ1v) is 10.3. The minimum Gasteiger partial charge on any atom is -0.326 e. The van der Waals surface area contributed by atoms with Crippen molar-refractivity contribution >= 4 is 27.3 Å². The molecule has 2 aromatic rings. The van der Waals surface area contributed by atoms with Gasteiger partial charge in [-0.05, 0) is 41.3 Å². The van der Waals surface area contributed by atoms with E-state index in [1.165, 1.54) is 0 Å². The van der Waals surface area contributed by atoms with Crippen LogP contribution in [-0.4, -0.2) is 14.3 Å². The Kier molecular flexibility index (Phi) is 5.71. The Balaban J connectivity index is 2.21. The Morgan fingerprint density at radius 1 is 0.852 bits per heavy atom. The van der Waals surface area contributed by atoms with Crippen LogP contribution in [-0.2, 0) is 20.2 Å². The third kappa shape index (κ3) is 5.57. The zero-order chi connectivity index (χ0) is 20.5. The highest BCUT2D eigenvalue weighted by atomic mass is 32.2. The first-order valence-electron chi connectivity index (χ1n) is 8.84. The monoisotopic (exact) mass is 388 g/mol. The minimum absolute atomic E-state index is 0.0463. The fraction of sp³-hybridized carbons (Fsp3) is 0.381. The van der Waals surface area contributed by atoms with Crippen molar-refractivity contribution in [2.75, 3.05) is 10.0 Å². The highest BCUT2D eigenvalue weighted by molar-refractivity contribution is 7.92. The minimum atomic E-state index is -3.71. The molecule has 0 aliphatic rings. The van der Waals surface area contributed by atoms with E-state index in [0.717, 1.165) is 5.56 Å². The summed E-state index contributed by atoms with van der Waals surface area (Å²) in [6.07, 6.45) is 0. The summed E-state index contributed by atoms with van der Waals surface area (Å²) in [6, 6.07) is 13.5. The number of carbonyl (C=O) groups excluding carboxylic acids is 1. The number of nitrogens with one attached hydrogen (secondary N) is 2. The largest absolute Gasteiger partial charge is 0.326 e. The second-order valence-electron chi connectivity index (χ2n) is 8.66. The Hall–Kier alpha value is -2.34. The van der Waals surface area contributed by atoms with Crippen molar-refractivity contribution < 1.29 is 13.2 Å². The molecule has 2 rings (SSSR count). The van der Waals surface area contributed by atoms with Crippen molar-refractivity contribution in [1.82, 2.24) is 0 Å².